The van der Waals surface area contributed by atoms with E-state index in [0.29, 0.717) is 6.04 Å². The van der Waals surface area contributed by atoms with Crippen molar-refractivity contribution in [2.24, 2.45) is 0 Å². The van der Waals surface area contributed by atoms with Crippen LogP contribution in [0, 0.1) is 0 Å². The number of hydrogen-bond donors (Lipinski definition) is 1. The monoisotopic (exact) mass is 375 g/mol. The van der Waals surface area contributed by atoms with Crippen LogP contribution < -0.4 is 5.32 Å². The van der Waals surface area contributed by atoms with Gasteiger partial charge in [-0.1, -0.05) is 11.6 Å². The van der Waals surface area contributed by atoms with Gasteiger partial charge in [0.25, 0.3) is 0 Å². The zero-order valence-corrected chi connectivity index (χ0v) is 14.5. The molecular formula is C14H15BrClNS2. The van der Waals surface area contributed by atoms with Crippen LogP contribution in [0.4, 0.5) is 0 Å². The average molecular weight is 377 g/mol. The minimum atomic E-state index is 0.478. The Bertz CT molecular complexity index is 512. The predicted octanol–water partition coefficient (Wildman–Crippen LogP) is 5.09. The highest BCUT2D eigenvalue weighted by molar-refractivity contribution is 9.10. The molecule has 102 valence electrons. The number of nitrogens with one attached hydrogen (secondary N) is 1. The van der Waals surface area contributed by atoms with E-state index in [0.717, 1.165) is 17.2 Å². The fourth-order valence-corrected chi connectivity index (χ4v) is 4.34. The van der Waals surface area contributed by atoms with Gasteiger partial charge in [0.15, 0.2) is 0 Å². The molecule has 1 nitrogen and oxygen atoms in total. The van der Waals surface area contributed by atoms with Gasteiger partial charge in [-0.05, 0) is 59.7 Å². The normalized spacial score (nSPS) is 12.6. The maximum absolute atomic E-state index is 5.89. The smallest absolute Gasteiger partial charge is 0.0406 e. The molecule has 19 heavy (non-hydrogen) atoms. The lowest BCUT2D eigenvalue weighted by Gasteiger charge is -2.14. The zero-order valence-electron chi connectivity index (χ0n) is 10.5. The number of thiophene rings is 1. The second-order valence-corrected chi connectivity index (χ2v) is 7.63. The van der Waals surface area contributed by atoms with Crippen molar-refractivity contribution in [3.05, 3.63) is 50.1 Å². The van der Waals surface area contributed by atoms with E-state index in [1.54, 1.807) is 11.3 Å². The van der Waals surface area contributed by atoms with Crippen LogP contribution in [0.2, 0.25) is 5.02 Å². The number of rotatable bonds is 6. The molecule has 1 heterocycles. The molecule has 0 bridgehead atoms. The highest BCUT2D eigenvalue weighted by Gasteiger charge is 2.09. The highest BCUT2D eigenvalue weighted by atomic mass is 79.9. The first kappa shape index (κ1) is 15.4. The summed E-state index contributed by atoms with van der Waals surface area (Å²) in [5.74, 6) is 1.05. The molecule has 5 heteroatoms. The summed E-state index contributed by atoms with van der Waals surface area (Å²) in [6.07, 6.45) is 1.06. The maximum atomic E-state index is 5.89. The van der Waals surface area contributed by atoms with E-state index in [1.807, 2.05) is 30.9 Å². The van der Waals surface area contributed by atoms with E-state index < -0.39 is 0 Å². The molecule has 0 spiro atoms. The van der Waals surface area contributed by atoms with E-state index in [1.165, 1.54) is 14.2 Å². The van der Waals surface area contributed by atoms with Crippen LogP contribution >= 0.6 is 50.6 Å². The van der Waals surface area contributed by atoms with E-state index in [-0.39, 0.29) is 0 Å². The van der Waals surface area contributed by atoms with Crippen molar-refractivity contribution in [2.45, 2.75) is 17.4 Å². The van der Waals surface area contributed by atoms with Crippen LogP contribution in [-0.2, 0) is 6.42 Å². The van der Waals surface area contributed by atoms with Crippen molar-refractivity contribution in [1.82, 2.24) is 5.32 Å². The van der Waals surface area contributed by atoms with Crippen molar-refractivity contribution in [3.8, 4) is 0 Å². The Hall–Kier alpha value is -0.0000000000000000833. The Balaban J connectivity index is 1.87. The molecule has 0 aliphatic rings. The zero-order chi connectivity index (χ0) is 13.7. The van der Waals surface area contributed by atoms with Crippen LogP contribution in [0.1, 0.15) is 4.88 Å². The van der Waals surface area contributed by atoms with Gasteiger partial charge >= 0.3 is 0 Å². The van der Waals surface area contributed by atoms with Gasteiger partial charge in [0.05, 0.1) is 0 Å². The Kier molecular flexibility index (Phi) is 6.23. The van der Waals surface area contributed by atoms with Gasteiger partial charge in [0.2, 0.25) is 0 Å². The van der Waals surface area contributed by atoms with Crippen molar-refractivity contribution in [1.29, 1.82) is 0 Å². The minimum absolute atomic E-state index is 0.478. The Morgan fingerprint density at radius 1 is 1.37 bits per heavy atom. The molecule has 0 aliphatic heterocycles. The lowest BCUT2D eigenvalue weighted by atomic mass is 10.2. The Labute approximate surface area is 135 Å². The Morgan fingerprint density at radius 3 is 2.68 bits per heavy atom. The summed E-state index contributed by atoms with van der Waals surface area (Å²) >= 11 is 13.0. The average Bonchev–Trinajstić information content (AvgIpc) is 2.82. The first-order valence-electron chi connectivity index (χ1n) is 5.96. The minimum Gasteiger partial charge on any atom is -0.316 e. The number of benzene rings is 1. The molecule has 0 radical (unpaired) electrons. The summed E-state index contributed by atoms with van der Waals surface area (Å²) < 4.78 is 1.17. The first-order valence-corrected chi connectivity index (χ1v) is 8.99. The maximum Gasteiger partial charge on any atom is 0.0406 e. The molecular weight excluding hydrogens is 362 g/mol. The van der Waals surface area contributed by atoms with Crippen LogP contribution in [0.3, 0.4) is 0 Å². The second kappa shape index (κ2) is 7.70. The molecule has 0 saturated heterocycles. The van der Waals surface area contributed by atoms with E-state index >= 15 is 0 Å². The van der Waals surface area contributed by atoms with E-state index in [4.69, 9.17) is 11.6 Å². The molecule has 1 N–H and O–H groups in total. The molecule has 2 aromatic rings. The fraction of sp³-hybridized carbons (Fsp3) is 0.286. The fourth-order valence-electron chi connectivity index (χ4n) is 1.68. The molecule has 0 fully saturated rings. The third-order valence-electron chi connectivity index (χ3n) is 2.74. The summed E-state index contributed by atoms with van der Waals surface area (Å²) in [7, 11) is 2.02. The Morgan fingerprint density at radius 2 is 2.11 bits per heavy atom. The van der Waals surface area contributed by atoms with E-state index in [2.05, 4.69) is 44.8 Å². The molecule has 0 aliphatic carbocycles. The van der Waals surface area contributed by atoms with Crippen LogP contribution in [0.15, 0.2) is 45.1 Å². The summed E-state index contributed by atoms with van der Waals surface area (Å²) in [6.45, 7) is 0. The number of likely N-dealkylation sites (N-methyl/N-ethyl adjacent to an activating group) is 1. The lowest BCUT2D eigenvalue weighted by Crippen LogP contribution is -2.29. The lowest BCUT2D eigenvalue weighted by molar-refractivity contribution is 0.622. The third-order valence-corrected chi connectivity index (χ3v) is 5.89. The van der Waals surface area contributed by atoms with Crippen LogP contribution in [-0.4, -0.2) is 18.8 Å². The van der Waals surface area contributed by atoms with Gasteiger partial charge in [-0.2, -0.15) is 0 Å². The van der Waals surface area contributed by atoms with Gasteiger partial charge in [0, 0.05) is 36.4 Å². The van der Waals surface area contributed by atoms with Gasteiger partial charge in [-0.15, -0.1) is 23.1 Å². The SMILES string of the molecule is CNC(CSc1ccc(Cl)cc1)Cc1cc(Br)cs1. The van der Waals surface area contributed by atoms with Crippen molar-refractivity contribution < 1.29 is 0 Å². The molecule has 2 rings (SSSR count). The van der Waals surface area contributed by atoms with Crippen LogP contribution in [0.25, 0.3) is 0 Å². The molecule has 0 saturated carbocycles. The molecule has 1 aromatic carbocycles. The molecule has 1 atom stereocenters. The summed E-state index contributed by atoms with van der Waals surface area (Å²) in [4.78, 5) is 2.67. The topological polar surface area (TPSA) is 12.0 Å². The number of hydrogen-bond acceptors (Lipinski definition) is 3. The number of halogens is 2. The largest absolute Gasteiger partial charge is 0.316 e. The number of thioether (sulfide) groups is 1. The van der Waals surface area contributed by atoms with Gasteiger partial charge in [0.1, 0.15) is 0 Å². The first-order chi connectivity index (χ1) is 9.17. The van der Waals surface area contributed by atoms with Crippen LogP contribution in [0.5, 0.6) is 0 Å². The van der Waals surface area contributed by atoms with Crippen molar-refractivity contribution in [3.63, 3.8) is 0 Å². The highest BCUT2D eigenvalue weighted by Crippen LogP contribution is 2.24. The third kappa shape index (κ3) is 5.12. The summed E-state index contributed by atoms with van der Waals surface area (Å²) in [5.41, 5.74) is 0. The van der Waals surface area contributed by atoms with Gasteiger partial charge in [-0.3, -0.25) is 0 Å². The molecule has 1 unspecified atom stereocenters. The standard InChI is InChI=1S/C14H15BrClNS2/c1-17-12(7-14-6-10(15)8-18-14)9-19-13-4-2-11(16)3-5-13/h2-6,8,12,17H,7,9H2,1H3. The van der Waals surface area contributed by atoms with Gasteiger partial charge < -0.3 is 5.32 Å². The molecule has 1 aromatic heterocycles. The second-order valence-electron chi connectivity index (χ2n) is 4.19. The predicted molar refractivity (Wildman–Crippen MR) is 90.7 cm³/mol. The van der Waals surface area contributed by atoms with Crippen molar-refractivity contribution >= 4 is 50.6 Å². The van der Waals surface area contributed by atoms with Crippen molar-refractivity contribution in [2.75, 3.05) is 12.8 Å². The summed E-state index contributed by atoms with van der Waals surface area (Å²) in [5, 5.41) is 6.31. The summed E-state index contributed by atoms with van der Waals surface area (Å²) in [6, 6.07) is 10.7. The van der Waals surface area contributed by atoms with Gasteiger partial charge in [-0.25, -0.2) is 0 Å². The van der Waals surface area contributed by atoms with E-state index in [9.17, 15) is 0 Å². The molecule has 0 amide bonds. The quantitative estimate of drug-likeness (QED) is 0.705.